The van der Waals surface area contributed by atoms with Crippen molar-refractivity contribution in [2.45, 2.75) is 39.2 Å². The fraction of sp³-hybridized carbons (Fsp3) is 0.462. The van der Waals surface area contributed by atoms with E-state index in [0.717, 1.165) is 5.69 Å². The van der Waals surface area contributed by atoms with Gasteiger partial charge in [-0.1, -0.05) is 25.4 Å². The van der Waals surface area contributed by atoms with Crippen molar-refractivity contribution in [1.29, 1.82) is 5.26 Å². The quantitative estimate of drug-likeness (QED) is 0.855. The Hall–Kier alpha value is -1.60. The topological polar surface area (TPSA) is 65.8 Å². The van der Waals surface area contributed by atoms with Gasteiger partial charge in [0.1, 0.15) is 10.7 Å². The number of nitriles is 1. The molecular formula is C13H16ClN3O. The van der Waals surface area contributed by atoms with E-state index in [2.05, 4.69) is 10.3 Å². The molecule has 0 aromatic carbocycles. The number of aromatic nitrogens is 1. The lowest BCUT2D eigenvalue weighted by Gasteiger charge is -2.18. The summed E-state index contributed by atoms with van der Waals surface area (Å²) in [5.74, 6) is -0.146. The van der Waals surface area contributed by atoms with Gasteiger partial charge < -0.3 is 5.32 Å². The van der Waals surface area contributed by atoms with Crippen LogP contribution in [-0.4, -0.2) is 16.4 Å². The molecule has 1 N–H and O–H groups in total. The van der Waals surface area contributed by atoms with Crippen molar-refractivity contribution in [1.82, 2.24) is 10.3 Å². The summed E-state index contributed by atoms with van der Waals surface area (Å²) >= 11 is 5.89. The predicted molar refractivity (Wildman–Crippen MR) is 70.5 cm³/mol. The highest BCUT2D eigenvalue weighted by Gasteiger charge is 2.21. The molecule has 0 saturated carbocycles. The molecule has 1 heterocycles. The monoisotopic (exact) mass is 265 g/mol. The summed E-state index contributed by atoms with van der Waals surface area (Å²) in [6, 6.07) is 5.20. The first-order valence-electron chi connectivity index (χ1n) is 5.66. The van der Waals surface area contributed by atoms with Gasteiger partial charge in [0.05, 0.1) is 6.07 Å². The second-order valence-electron chi connectivity index (χ2n) is 4.95. The lowest BCUT2D eigenvalue weighted by Crippen LogP contribution is -2.42. The average Bonchev–Trinajstić information content (AvgIpc) is 2.27. The van der Waals surface area contributed by atoms with E-state index in [-0.39, 0.29) is 17.0 Å². The number of carbonyl (C=O) groups excluding carboxylic acids is 1. The fourth-order valence-electron chi connectivity index (χ4n) is 1.33. The lowest BCUT2D eigenvalue weighted by atomic mass is 10.0. The molecule has 1 amide bonds. The smallest absolute Gasteiger partial charge is 0.252 e. The number of rotatable bonds is 3. The van der Waals surface area contributed by atoms with E-state index in [0.29, 0.717) is 5.56 Å². The van der Waals surface area contributed by atoms with E-state index in [1.165, 1.54) is 6.07 Å². The highest BCUT2D eigenvalue weighted by molar-refractivity contribution is 6.29. The molecule has 1 rings (SSSR count). The number of nitrogens with one attached hydrogen (secondary N) is 1. The average molecular weight is 266 g/mol. The Morgan fingerprint density at radius 1 is 1.50 bits per heavy atom. The number of nitrogens with zero attached hydrogens (tertiary/aromatic N) is 2. The molecule has 5 heteroatoms. The van der Waals surface area contributed by atoms with Gasteiger partial charge in [0.25, 0.3) is 5.91 Å². The van der Waals surface area contributed by atoms with E-state index >= 15 is 0 Å². The zero-order chi connectivity index (χ0) is 13.9. The first-order chi connectivity index (χ1) is 8.25. The van der Waals surface area contributed by atoms with Crippen molar-refractivity contribution < 1.29 is 4.79 Å². The molecule has 0 aliphatic carbocycles. The van der Waals surface area contributed by atoms with Crippen LogP contribution >= 0.6 is 11.6 Å². The molecule has 0 aliphatic heterocycles. The maximum atomic E-state index is 12.0. The molecule has 1 aromatic heterocycles. The molecule has 0 bridgehead atoms. The molecule has 4 nitrogen and oxygen atoms in total. The maximum Gasteiger partial charge on any atom is 0.252 e. The van der Waals surface area contributed by atoms with Crippen LogP contribution in [0.4, 0.5) is 0 Å². The first kappa shape index (κ1) is 14.5. The number of hydrogen-bond acceptors (Lipinski definition) is 3. The van der Waals surface area contributed by atoms with Crippen molar-refractivity contribution in [2.75, 3.05) is 0 Å². The molecule has 0 radical (unpaired) electrons. The number of amides is 1. The fourth-order valence-corrected chi connectivity index (χ4v) is 1.54. The van der Waals surface area contributed by atoms with E-state index < -0.39 is 5.54 Å². The molecular weight excluding hydrogens is 250 g/mol. The molecule has 0 atom stereocenters. The van der Waals surface area contributed by atoms with E-state index in [4.69, 9.17) is 16.9 Å². The Bertz CT molecular complexity index is 503. The second kappa shape index (κ2) is 5.36. The number of hydrogen-bond donors (Lipinski definition) is 1. The molecule has 0 unspecified atom stereocenters. The van der Waals surface area contributed by atoms with Crippen LogP contribution in [0.15, 0.2) is 12.1 Å². The Kier molecular flexibility index (Phi) is 4.31. The summed E-state index contributed by atoms with van der Waals surface area (Å²) in [4.78, 5) is 16.2. The minimum atomic E-state index is -0.912. The molecule has 1 aromatic rings. The minimum Gasteiger partial charge on any atom is -0.334 e. The van der Waals surface area contributed by atoms with E-state index in [1.807, 2.05) is 19.9 Å². The summed E-state index contributed by atoms with van der Waals surface area (Å²) in [5, 5.41) is 11.8. The van der Waals surface area contributed by atoms with Gasteiger partial charge in [-0.15, -0.1) is 0 Å². The molecule has 0 aliphatic rings. The zero-order valence-electron chi connectivity index (χ0n) is 10.9. The lowest BCUT2D eigenvalue weighted by molar-refractivity contribution is 0.0929. The van der Waals surface area contributed by atoms with Crippen molar-refractivity contribution >= 4 is 17.5 Å². The zero-order valence-corrected chi connectivity index (χ0v) is 11.7. The van der Waals surface area contributed by atoms with E-state index in [9.17, 15) is 4.79 Å². The largest absolute Gasteiger partial charge is 0.334 e. The first-order valence-corrected chi connectivity index (χ1v) is 6.04. The van der Waals surface area contributed by atoms with Crippen LogP contribution in [0.3, 0.4) is 0 Å². The normalized spacial score (nSPS) is 11.2. The number of carbonyl (C=O) groups is 1. The predicted octanol–water partition coefficient (Wildman–Crippen LogP) is 2.89. The third kappa shape index (κ3) is 3.71. The van der Waals surface area contributed by atoms with Gasteiger partial charge in [-0.25, -0.2) is 4.98 Å². The van der Waals surface area contributed by atoms with Crippen molar-refractivity contribution in [3.05, 3.63) is 28.5 Å². The number of pyridine rings is 1. The van der Waals surface area contributed by atoms with Crippen LogP contribution in [-0.2, 0) is 0 Å². The van der Waals surface area contributed by atoms with Gasteiger partial charge in [0.2, 0.25) is 0 Å². The third-order valence-electron chi connectivity index (χ3n) is 2.37. The molecule has 96 valence electrons. The van der Waals surface area contributed by atoms with Gasteiger partial charge in [-0.2, -0.15) is 5.26 Å². The van der Waals surface area contributed by atoms with E-state index in [1.54, 1.807) is 19.9 Å². The Morgan fingerprint density at radius 2 is 2.11 bits per heavy atom. The van der Waals surface area contributed by atoms with Gasteiger partial charge in [0.15, 0.2) is 0 Å². The van der Waals surface area contributed by atoms with Crippen LogP contribution in [0.5, 0.6) is 0 Å². The molecule has 18 heavy (non-hydrogen) atoms. The molecule has 0 fully saturated rings. The number of halogens is 1. The van der Waals surface area contributed by atoms with Crippen LogP contribution in [0, 0.1) is 11.3 Å². The Morgan fingerprint density at radius 3 is 2.61 bits per heavy atom. The highest BCUT2D eigenvalue weighted by Crippen LogP contribution is 2.18. The highest BCUT2D eigenvalue weighted by atomic mass is 35.5. The standard InChI is InChI=1S/C13H16ClN3O/c1-8(2)10-5-9(6-11(14)16-10)12(18)17-13(3,4)7-15/h5-6,8H,1-4H3,(H,17,18). The van der Waals surface area contributed by atoms with Crippen LogP contribution < -0.4 is 5.32 Å². The van der Waals surface area contributed by atoms with Gasteiger partial charge in [-0.3, -0.25) is 4.79 Å². The minimum absolute atomic E-state index is 0.180. The van der Waals surface area contributed by atoms with Crippen LogP contribution in [0.2, 0.25) is 5.15 Å². The van der Waals surface area contributed by atoms with Gasteiger partial charge >= 0.3 is 0 Å². The van der Waals surface area contributed by atoms with Crippen molar-refractivity contribution in [3.63, 3.8) is 0 Å². The second-order valence-corrected chi connectivity index (χ2v) is 5.34. The van der Waals surface area contributed by atoms with Crippen molar-refractivity contribution in [3.8, 4) is 6.07 Å². The summed E-state index contributed by atoms with van der Waals surface area (Å²) in [7, 11) is 0. The summed E-state index contributed by atoms with van der Waals surface area (Å²) in [6.45, 7) is 7.22. The molecule has 0 saturated heterocycles. The summed E-state index contributed by atoms with van der Waals surface area (Å²) < 4.78 is 0. The van der Waals surface area contributed by atoms with Gasteiger partial charge in [-0.05, 0) is 31.9 Å². The maximum absolute atomic E-state index is 12.0. The Balaban J connectivity index is 3.04. The van der Waals surface area contributed by atoms with Gasteiger partial charge in [0, 0.05) is 11.3 Å². The summed E-state index contributed by atoms with van der Waals surface area (Å²) in [5.41, 5.74) is 0.259. The van der Waals surface area contributed by atoms with Crippen LogP contribution in [0.25, 0.3) is 0 Å². The van der Waals surface area contributed by atoms with Crippen LogP contribution in [0.1, 0.15) is 49.7 Å². The summed E-state index contributed by atoms with van der Waals surface area (Å²) in [6.07, 6.45) is 0. The van der Waals surface area contributed by atoms with Crippen molar-refractivity contribution in [2.24, 2.45) is 0 Å². The Labute approximate surface area is 112 Å². The molecule has 0 spiro atoms. The third-order valence-corrected chi connectivity index (χ3v) is 2.57. The SMILES string of the molecule is CC(C)c1cc(C(=O)NC(C)(C)C#N)cc(Cl)n1.